The maximum Gasteiger partial charge on any atom is 0.225 e. The Labute approximate surface area is 110 Å². The van der Waals surface area contributed by atoms with Crippen molar-refractivity contribution in [1.29, 1.82) is 0 Å². The van der Waals surface area contributed by atoms with Gasteiger partial charge in [0.15, 0.2) is 0 Å². The Kier molecular flexibility index (Phi) is 5.45. The maximum absolute atomic E-state index is 12.2. The molecule has 4 nitrogen and oxygen atoms in total. The van der Waals surface area contributed by atoms with Crippen LogP contribution in [-0.2, 0) is 9.53 Å². The highest BCUT2D eigenvalue weighted by molar-refractivity contribution is 5.78. The van der Waals surface area contributed by atoms with Crippen molar-refractivity contribution in [3.05, 3.63) is 0 Å². The Balaban J connectivity index is 1.69. The molecule has 18 heavy (non-hydrogen) atoms. The van der Waals surface area contributed by atoms with Crippen LogP contribution in [0.4, 0.5) is 0 Å². The summed E-state index contributed by atoms with van der Waals surface area (Å²) in [6.45, 7) is 4.69. The van der Waals surface area contributed by atoms with Crippen LogP contribution >= 0.6 is 0 Å². The number of hydrogen-bond donors (Lipinski definition) is 1. The van der Waals surface area contributed by atoms with E-state index < -0.39 is 0 Å². The van der Waals surface area contributed by atoms with Crippen LogP contribution in [0.5, 0.6) is 0 Å². The van der Waals surface area contributed by atoms with Crippen molar-refractivity contribution in [3.8, 4) is 0 Å². The first-order chi connectivity index (χ1) is 8.77. The molecule has 1 amide bonds. The fourth-order valence-electron chi connectivity index (χ4n) is 2.90. The van der Waals surface area contributed by atoms with Crippen molar-refractivity contribution in [1.82, 2.24) is 10.2 Å². The highest BCUT2D eigenvalue weighted by Gasteiger charge is 2.24. The number of piperidine rings is 1. The fourth-order valence-corrected chi connectivity index (χ4v) is 2.90. The van der Waals surface area contributed by atoms with Gasteiger partial charge in [-0.3, -0.25) is 4.79 Å². The molecule has 2 aliphatic heterocycles. The minimum atomic E-state index is 0.255. The molecule has 0 unspecified atom stereocenters. The molecular formula is C14H26N2O2. The molecule has 2 saturated heterocycles. The van der Waals surface area contributed by atoms with E-state index in [1.807, 2.05) is 11.9 Å². The quantitative estimate of drug-likeness (QED) is 0.821. The van der Waals surface area contributed by atoms with Gasteiger partial charge in [-0.05, 0) is 51.1 Å². The maximum atomic E-state index is 12.2. The zero-order valence-electron chi connectivity index (χ0n) is 11.5. The molecule has 0 spiro atoms. The predicted octanol–water partition coefficient (Wildman–Crippen LogP) is 1.26. The first-order valence-corrected chi connectivity index (χ1v) is 7.31. The van der Waals surface area contributed by atoms with Crippen LogP contribution in [0.3, 0.4) is 0 Å². The third-order valence-corrected chi connectivity index (χ3v) is 4.28. The van der Waals surface area contributed by atoms with E-state index in [4.69, 9.17) is 4.74 Å². The molecule has 0 radical (unpaired) electrons. The van der Waals surface area contributed by atoms with Crippen molar-refractivity contribution < 1.29 is 9.53 Å². The van der Waals surface area contributed by atoms with Crippen molar-refractivity contribution in [3.63, 3.8) is 0 Å². The van der Waals surface area contributed by atoms with Crippen molar-refractivity contribution in [2.24, 2.45) is 11.8 Å². The van der Waals surface area contributed by atoms with E-state index in [9.17, 15) is 4.79 Å². The average molecular weight is 254 g/mol. The standard InChI is InChI=1S/C14H26N2O2/c1-16(9-4-12-5-10-18-11-6-12)14(17)13-2-7-15-8-3-13/h12-13,15H,2-11H2,1H3. The summed E-state index contributed by atoms with van der Waals surface area (Å²) < 4.78 is 5.36. The van der Waals surface area contributed by atoms with Gasteiger partial charge in [-0.15, -0.1) is 0 Å². The van der Waals surface area contributed by atoms with E-state index in [1.54, 1.807) is 0 Å². The molecule has 2 fully saturated rings. The Morgan fingerprint density at radius 2 is 1.89 bits per heavy atom. The molecule has 0 saturated carbocycles. The van der Waals surface area contributed by atoms with Gasteiger partial charge < -0.3 is 15.0 Å². The minimum Gasteiger partial charge on any atom is -0.381 e. The van der Waals surface area contributed by atoms with E-state index in [0.29, 0.717) is 5.91 Å². The normalized spacial score (nSPS) is 22.9. The number of ether oxygens (including phenoxy) is 1. The lowest BCUT2D eigenvalue weighted by molar-refractivity contribution is -0.135. The minimum absolute atomic E-state index is 0.255. The van der Waals surface area contributed by atoms with Gasteiger partial charge in [-0.25, -0.2) is 0 Å². The highest BCUT2D eigenvalue weighted by Crippen LogP contribution is 2.20. The van der Waals surface area contributed by atoms with E-state index >= 15 is 0 Å². The molecule has 0 atom stereocenters. The molecule has 1 N–H and O–H groups in total. The summed E-state index contributed by atoms with van der Waals surface area (Å²) in [5, 5.41) is 3.31. The van der Waals surface area contributed by atoms with Crippen LogP contribution in [-0.4, -0.2) is 50.7 Å². The highest BCUT2D eigenvalue weighted by atomic mass is 16.5. The van der Waals surface area contributed by atoms with E-state index in [-0.39, 0.29) is 5.92 Å². The van der Waals surface area contributed by atoms with Crippen molar-refractivity contribution in [2.45, 2.75) is 32.1 Å². The van der Waals surface area contributed by atoms with Gasteiger partial charge in [0.25, 0.3) is 0 Å². The van der Waals surface area contributed by atoms with Gasteiger partial charge in [0, 0.05) is 32.7 Å². The monoisotopic (exact) mass is 254 g/mol. The molecule has 2 aliphatic rings. The Bertz CT molecular complexity index is 259. The second-order valence-electron chi connectivity index (χ2n) is 5.63. The summed E-state index contributed by atoms with van der Waals surface area (Å²) in [6, 6.07) is 0. The molecule has 2 heterocycles. The molecule has 0 aromatic carbocycles. The van der Waals surface area contributed by atoms with E-state index in [1.165, 1.54) is 0 Å². The first kappa shape index (κ1) is 13.8. The topological polar surface area (TPSA) is 41.6 Å². The fraction of sp³-hybridized carbons (Fsp3) is 0.929. The molecule has 0 aliphatic carbocycles. The second kappa shape index (κ2) is 7.10. The number of carbonyl (C=O) groups is 1. The van der Waals surface area contributed by atoms with Crippen LogP contribution < -0.4 is 5.32 Å². The van der Waals surface area contributed by atoms with Crippen LogP contribution in [0.2, 0.25) is 0 Å². The van der Waals surface area contributed by atoms with Crippen LogP contribution in [0.15, 0.2) is 0 Å². The molecule has 0 aromatic rings. The lowest BCUT2D eigenvalue weighted by atomic mass is 9.94. The SMILES string of the molecule is CN(CCC1CCOCC1)C(=O)C1CCNCC1. The predicted molar refractivity (Wildman–Crippen MR) is 71.4 cm³/mol. The summed E-state index contributed by atoms with van der Waals surface area (Å²) in [5.41, 5.74) is 0. The van der Waals surface area contributed by atoms with Gasteiger partial charge >= 0.3 is 0 Å². The molecular weight excluding hydrogens is 228 g/mol. The third-order valence-electron chi connectivity index (χ3n) is 4.28. The lowest BCUT2D eigenvalue weighted by Gasteiger charge is -2.29. The Morgan fingerprint density at radius 1 is 1.22 bits per heavy atom. The van der Waals surface area contributed by atoms with Gasteiger partial charge in [-0.1, -0.05) is 0 Å². The van der Waals surface area contributed by atoms with Crippen molar-refractivity contribution in [2.75, 3.05) is 39.9 Å². The summed E-state index contributed by atoms with van der Waals surface area (Å²) in [7, 11) is 1.96. The molecule has 0 bridgehead atoms. The molecule has 104 valence electrons. The third kappa shape index (κ3) is 3.95. The Hall–Kier alpha value is -0.610. The number of nitrogens with zero attached hydrogens (tertiary/aromatic N) is 1. The smallest absolute Gasteiger partial charge is 0.225 e. The van der Waals surface area contributed by atoms with Crippen molar-refractivity contribution >= 4 is 5.91 Å². The Morgan fingerprint density at radius 3 is 2.56 bits per heavy atom. The molecule has 0 aromatic heterocycles. The van der Waals surface area contributed by atoms with Crippen LogP contribution in [0.1, 0.15) is 32.1 Å². The summed E-state index contributed by atoms with van der Waals surface area (Å²) in [6.07, 6.45) is 5.46. The molecule has 4 heteroatoms. The van der Waals surface area contributed by atoms with Crippen LogP contribution in [0, 0.1) is 11.8 Å². The number of amides is 1. The zero-order chi connectivity index (χ0) is 12.8. The van der Waals surface area contributed by atoms with E-state index in [0.717, 1.165) is 70.9 Å². The summed E-state index contributed by atoms with van der Waals surface area (Å²) >= 11 is 0. The van der Waals surface area contributed by atoms with Gasteiger partial charge in [-0.2, -0.15) is 0 Å². The second-order valence-corrected chi connectivity index (χ2v) is 5.63. The van der Waals surface area contributed by atoms with Gasteiger partial charge in [0.05, 0.1) is 0 Å². The number of nitrogens with one attached hydrogen (secondary N) is 1. The number of carbonyl (C=O) groups excluding carboxylic acids is 1. The van der Waals surface area contributed by atoms with Gasteiger partial charge in [0.2, 0.25) is 5.91 Å². The van der Waals surface area contributed by atoms with Crippen LogP contribution in [0.25, 0.3) is 0 Å². The zero-order valence-corrected chi connectivity index (χ0v) is 11.5. The van der Waals surface area contributed by atoms with Gasteiger partial charge in [0.1, 0.15) is 0 Å². The number of hydrogen-bond acceptors (Lipinski definition) is 3. The lowest BCUT2D eigenvalue weighted by Crippen LogP contribution is -2.40. The molecule has 2 rings (SSSR count). The summed E-state index contributed by atoms with van der Waals surface area (Å²) in [5.74, 6) is 1.36. The summed E-state index contributed by atoms with van der Waals surface area (Å²) in [4.78, 5) is 14.2. The largest absolute Gasteiger partial charge is 0.381 e. The first-order valence-electron chi connectivity index (χ1n) is 7.31. The number of rotatable bonds is 4. The van der Waals surface area contributed by atoms with E-state index in [2.05, 4.69) is 5.32 Å². The average Bonchev–Trinajstić information content (AvgIpc) is 2.46.